The van der Waals surface area contributed by atoms with E-state index >= 15 is 0 Å². The Labute approximate surface area is 104 Å². The molecule has 0 unspecified atom stereocenters. The molecule has 0 amide bonds. The fraction of sp³-hybridized carbons (Fsp3) is 0.417. The first-order chi connectivity index (χ1) is 7.62. The minimum absolute atomic E-state index is 0.104. The Morgan fingerprint density at radius 3 is 2.69 bits per heavy atom. The third kappa shape index (κ3) is 2.98. The highest BCUT2D eigenvalue weighted by Gasteiger charge is 2.13. The Balaban J connectivity index is 3.11. The van der Waals surface area contributed by atoms with Crippen molar-refractivity contribution in [3.8, 4) is 11.5 Å². The van der Waals surface area contributed by atoms with Gasteiger partial charge in [-0.1, -0.05) is 6.92 Å². The van der Waals surface area contributed by atoms with E-state index in [0.29, 0.717) is 17.1 Å². The van der Waals surface area contributed by atoms with Crippen molar-refractivity contribution < 1.29 is 14.3 Å². The average Bonchev–Trinajstić information content (AvgIpc) is 2.30. The maximum Gasteiger partial charge on any atom is 0.175 e. The zero-order chi connectivity index (χ0) is 12.1. The second-order valence-electron chi connectivity index (χ2n) is 3.49. The van der Waals surface area contributed by atoms with Crippen LogP contribution in [0.15, 0.2) is 16.6 Å². The second kappa shape index (κ2) is 5.89. The van der Waals surface area contributed by atoms with Gasteiger partial charge < -0.3 is 9.47 Å². The predicted molar refractivity (Wildman–Crippen MR) is 66.5 cm³/mol. The molecule has 0 bridgehead atoms. The van der Waals surface area contributed by atoms with E-state index in [0.717, 1.165) is 17.2 Å². The van der Waals surface area contributed by atoms with Gasteiger partial charge in [-0.25, -0.2) is 0 Å². The topological polar surface area (TPSA) is 35.5 Å². The van der Waals surface area contributed by atoms with Crippen LogP contribution in [0.25, 0.3) is 0 Å². The Morgan fingerprint density at radius 1 is 1.50 bits per heavy atom. The normalized spacial score (nSPS) is 12.0. The molecule has 0 aliphatic heterocycles. The predicted octanol–water partition coefficient (Wildman–Crippen LogP) is 3.45. The summed E-state index contributed by atoms with van der Waals surface area (Å²) < 4.78 is 11.7. The molecule has 88 valence electrons. The molecule has 1 atom stereocenters. The number of ether oxygens (including phenoxy) is 2. The number of aldehydes is 1. The molecule has 0 aliphatic rings. The largest absolute Gasteiger partial charge is 0.493 e. The highest BCUT2D eigenvalue weighted by atomic mass is 79.9. The fourth-order valence-electron chi connectivity index (χ4n) is 1.21. The third-order valence-electron chi connectivity index (χ3n) is 2.28. The molecule has 0 N–H and O–H groups in total. The zero-order valence-electron chi connectivity index (χ0n) is 9.62. The minimum atomic E-state index is 0.104. The van der Waals surface area contributed by atoms with Gasteiger partial charge in [-0.2, -0.15) is 0 Å². The first-order valence-electron chi connectivity index (χ1n) is 5.11. The maximum absolute atomic E-state index is 10.7. The van der Waals surface area contributed by atoms with Crippen LogP contribution in [0.2, 0.25) is 0 Å². The third-order valence-corrected chi connectivity index (χ3v) is 2.87. The summed E-state index contributed by atoms with van der Waals surface area (Å²) in [6.45, 7) is 4.03. The van der Waals surface area contributed by atoms with E-state index in [4.69, 9.17) is 9.47 Å². The molecule has 3 nitrogen and oxygen atoms in total. The number of hydrogen-bond donors (Lipinski definition) is 0. The van der Waals surface area contributed by atoms with E-state index in [9.17, 15) is 4.79 Å². The van der Waals surface area contributed by atoms with Crippen LogP contribution in [0.1, 0.15) is 30.6 Å². The number of methoxy groups -OCH3 is 1. The number of rotatable bonds is 5. The van der Waals surface area contributed by atoms with Gasteiger partial charge in [0.15, 0.2) is 11.5 Å². The van der Waals surface area contributed by atoms with Gasteiger partial charge in [-0.3, -0.25) is 4.79 Å². The lowest BCUT2D eigenvalue weighted by Crippen LogP contribution is -2.11. The molecule has 0 saturated heterocycles. The van der Waals surface area contributed by atoms with Crippen molar-refractivity contribution in [1.82, 2.24) is 0 Å². The zero-order valence-corrected chi connectivity index (χ0v) is 11.2. The van der Waals surface area contributed by atoms with E-state index in [1.807, 2.05) is 13.8 Å². The summed E-state index contributed by atoms with van der Waals surface area (Å²) in [5, 5.41) is 0. The molecule has 0 fully saturated rings. The average molecular weight is 287 g/mol. The molecule has 0 aliphatic carbocycles. The first kappa shape index (κ1) is 13.0. The van der Waals surface area contributed by atoms with Crippen LogP contribution in [0.4, 0.5) is 0 Å². The Kier molecular flexibility index (Phi) is 4.80. The van der Waals surface area contributed by atoms with Gasteiger partial charge in [0, 0.05) is 5.56 Å². The van der Waals surface area contributed by atoms with E-state index in [1.165, 1.54) is 0 Å². The van der Waals surface area contributed by atoms with Crippen LogP contribution in [0, 0.1) is 0 Å². The van der Waals surface area contributed by atoms with Gasteiger partial charge in [-0.05, 0) is 41.4 Å². The summed E-state index contributed by atoms with van der Waals surface area (Å²) in [5.41, 5.74) is 0.556. The summed E-state index contributed by atoms with van der Waals surface area (Å²) in [6.07, 6.45) is 1.79. The van der Waals surface area contributed by atoms with Gasteiger partial charge in [0.05, 0.1) is 17.7 Å². The van der Waals surface area contributed by atoms with Crippen LogP contribution in [-0.4, -0.2) is 19.5 Å². The van der Waals surface area contributed by atoms with E-state index < -0.39 is 0 Å². The lowest BCUT2D eigenvalue weighted by atomic mass is 10.2. The molecule has 0 radical (unpaired) electrons. The van der Waals surface area contributed by atoms with Crippen LogP contribution >= 0.6 is 15.9 Å². The molecule has 0 saturated carbocycles. The smallest absolute Gasteiger partial charge is 0.175 e. The van der Waals surface area contributed by atoms with Gasteiger partial charge in [0.1, 0.15) is 6.29 Å². The van der Waals surface area contributed by atoms with E-state index in [2.05, 4.69) is 15.9 Å². The molecule has 16 heavy (non-hydrogen) atoms. The van der Waals surface area contributed by atoms with Crippen molar-refractivity contribution in [3.05, 3.63) is 22.2 Å². The van der Waals surface area contributed by atoms with E-state index in [-0.39, 0.29) is 6.10 Å². The van der Waals surface area contributed by atoms with Crippen molar-refractivity contribution >= 4 is 22.2 Å². The lowest BCUT2D eigenvalue weighted by Gasteiger charge is -2.17. The van der Waals surface area contributed by atoms with E-state index in [1.54, 1.807) is 19.2 Å². The Bertz CT molecular complexity index is 377. The molecule has 0 heterocycles. The highest BCUT2D eigenvalue weighted by Crippen LogP contribution is 2.37. The summed E-state index contributed by atoms with van der Waals surface area (Å²) in [5.74, 6) is 1.21. The number of carbonyl (C=O) groups excluding carboxylic acids is 1. The molecular weight excluding hydrogens is 272 g/mol. The molecule has 1 aromatic carbocycles. The Hall–Kier alpha value is -1.03. The fourth-order valence-corrected chi connectivity index (χ4v) is 1.76. The second-order valence-corrected chi connectivity index (χ2v) is 4.34. The molecule has 1 rings (SSSR count). The summed E-state index contributed by atoms with van der Waals surface area (Å²) in [4.78, 5) is 10.7. The van der Waals surface area contributed by atoms with Crippen LogP contribution in [0.3, 0.4) is 0 Å². The Morgan fingerprint density at radius 2 is 2.19 bits per heavy atom. The maximum atomic E-state index is 10.7. The van der Waals surface area contributed by atoms with Crippen molar-refractivity contribution in [2.24, 2.45) is 0 Å². The molecule has 1 aromatic rings. The standard InChI is InChI=1S/C12H15BrO3/c1-4-8(2)16-12-10(13)5-9(7-14)6-11(12)15-3/h5-8H,4H2,1-3H3/t8-/m1/s1. The van der Waals surface area contributed by atoms with Crippen molar-refractivity contribution in [3.63, 3.8) is 0 Å². The first-order valence-corrected chi connectivity index (χ1v) is 5.91. The molecular formula is C12H15BrO3. The molecule has 0 aromatic heterocycles. The molecule has 4 heteroatoms. The minimum Gasteiger partial charge on any atom is -0.493 e. The van der Waals surface area contributed by atoms with Crippen molar-refractivity contribution in [2.75, 3.05) is 7.11 Å². The van der Waals surface area contributed by atoms with Gasteiger partial charge in [-0.15, -0.1) is 0 Å². The quantitative estimate of drug-likeness (QED) is 0.778. The van der Waals surface area contributed by atoms with Crippen LogP contribution in [0.5, 0.6) is 11.5 Å². The highest BCUT2D eigenvalue weighted by molar-refractivity contribution is 9.10. The van der Waals surface area contributed by atoms with Crippen molar-refractivity contribution in [2.45, 2.75) is 26.4 Å². The van der Waals surface area contributed by atoms with Gasteiger partial charge >= 0.3 is 0 Å². The van der Waals surface area contributed by atoms with Crippen LogP contribution in [-0.2, 0) is 0 Å². The summed E-state index contributed by atoms with van der Waals surface area (Å²) in [7, 11) is 1.56. The number of halogens is 1. The van der Waals surface area contributed by atoms with Gasteiger partial charge in [0.25, 0.3) is 0 Å². The summed E-state index contributed by atoms with van der Waals surface area (Å²) in [6, 6.07) is 3.38. The summed E-state index contributed by atoms with van der Waals surface area (Å²) >= 11 is 3.37. The number of carbonyl (C=O) groups is 1. The van der Waals surface area contributed by atoms with Crippen LogP contribution < -0.4 is 9.47 Å². The monoisotopic (exact) mass is 286 g/mol. The molecule has 0 spiro atoms. The SMILES string of the molecule is CC[C@@H](C)Oc1c(Br)cc(C=O)cc1OC. The number of hydrogen-bond acceptors (Lipinski definition) is 3. The number of benzene rings is 1. The lowest BCUT2D eigenvalue weighted by molar-refractivity contribution is 0.112. The van der Waals surface area contributed by atoms with Crippen molar-refractivity contribution in [1.29, 1.82) is 0 Å². The van der Waals surface area contributed by atoms with Gasteiger partial charge in [0.2, 0.25) is 0 Å².